The molecule has 5 heteroatoms. The zero-order valence-electron chi connectivity index (χ0n) is 11.0. The third kappa shape index (κ3) is 2.86. The van der Waals surface area contributed by atoms with Gasteiger partial charge in [0, 0.05) is 12.2 Å². The van der Waals surface area contributed by atoms with Crippen LogP contribution in [0.1, 0.15) is 18.4 Å². The third-order valence-corrected chi connectivity index (χ3v) is 4.04. The Kier molecular flexibility index (Phi) is 3.76. The first kappa shape index (κ1) is 13.6. The molecule has 0 aliphatic heterocycles. The van der Waals surface area contributed by atoms with E-state index in [2.05, 4.69) is 39.1 Å². The third-order valence-electron chi connectivity index (χ3n) is 3.49. The second kappa shape index (κ2) is 5.54. The van der Waals surface area contributed by atoms with E-state index >= 15 is 0 Å². The molecule has 1 aromatic heterocycles. The molecule has 1 N–H and O–H groups in total. The maximum absolute atomic E-state index is 9.82. The molecule has 1 aliphatic carbocycles. The van der Waals surface area contributed by atoms with Crippen LogP contribution in [0.2, 0.25) is 0 Å². The lowest BCUT2D eigenvalue weighted by Crippen LogP contribution is -2.46. The van der Waals surface area contributed by atoms with Gasteiger partial charge in [-0.2, -0.15) is 10.4 Å². The number of aromatic nitrogens is 2. The summed E-state index contributed by atoms with van der Waals surface area (Å²) in [5.74, 6) is 0. The molecule has 1 unspecified atom stereocenters. The van der Waals surface area contributed by atoms with Gasteiger partial charge < -0.3 is 0 Å². The van der Waals surface area contributed by atoms with Crippen LogP contribution in [0.25, 0.3) is 0 Å². The topological polar surface area (TPSA) is 53.6 Å². The van der Waals surface area contributed by atoms with Crippen molar-refractivity contribution in [3.05, 3.63) is 51.9 Å². The van der Waals surface area contributed by atoms with Crippen LogP contribution in [-0.4, -0.2) is 15.8 Å². The summed E-state index contributed by atoms with van der Waals surface area (Å²) in [5, 5.41) is 17.6. The van der Waals surface area contributed by atoms with E-state index < -0.39 is 5.54 Å². The second-order valence-corrected chi connectivity index (χ2v) is 6.40. The maximum atomic E-state index is 9.82. The molecule has 1 aromatic carbocycles. The van der Waals surface area contributed by atoms with Crippen molar-refractivity contribution in [2.24, 2.45) is 0 Å². The first-order valence-corrected chi connectivity index (χ1v) is 7.72. The van der Waals surface area contributed by atoms with Gasteiger partial charge in [0.25, 0.3) is 0 Å². The average Bonchev–Trinajstić information content (AvgIpc) is 3.20. The molecule has 0 spiro atoms. The minimum Gasteiger partial charge on any atom is -0.291 e. The molecule has 1 saturated carbocycles. The Labute approximate surface area is 131 Å². The Morgan fingerprint density at radius 3 is 2.70 bits per heavy atom. The van der Waals surface area contributed by atoms with Gasteiger partial charge >= 0.3 is 0 Å². The first-order valence-electron chi connectivity index (χ1n) is 6.64. The minimum atomic E-state index is -0.711. The van der Waals surface area contributed by atoms with E-state index in [0.29, 0.717) is 12.6 Å². The highest BCUT2D eigenvalue weighted by Gasteiger charge is 2.38. The maximum Gasteiger partial charge on any atom is 0.152 e. The molecule has 0 radical (unpaired) electrons. The summed E-state index contributed by atoms with van der Waals surface area (Å²) in [6.07, 6.45) is 6.06. The number of halogens is 1. The van der Waals surface area contributed by atoms with Crippen LogP contribution in [0.5, 0.6) is 0 Å². The van der Waals surface area contributed by atoms with E-state index in [4.69, 9.17) is 0 Å². The Balaban J connectivity index is 1.95. The van der Waals surface area contributed by atoms with Gasteiger partial charge in [0.1, 0.15) is 0 Å². The predicted molar refractivity (Wildman–Crippen MR) is 84.8 cm³/mol. The van der Waals surface area contributed by atoms with Gasteiger partial charge in [0.2, 0.25) is 0 Å². The number of nitriles is 1. The summed E-state index contributed by atoms with van der Waals surface area (Å²) < 4.78 is 2.92. The van der Waals surface area contributed by atoms with Crippen molar-refractivity contribution in [2.75, 3.05) is 0 Å². The van der Waals surface area contributed by atoms with Crippen molar-refractivity contribution in [2.45, 2.75) is 31.0 Å². The molecule has 3 rings (SSSR count). The lowest BCUT2D eigenvalue weighted by atomic mass is 9.91. The Morgan fingerprint density at radius 1 is 1.40 bits per heavy atom. The summed E-state index contributed by atoms with van der Waals surface area (Å²) in [6, 6.07) is 12.9. The molecule has 102 valence electrons. The van der Waals surface area contributed by atoms with Crippen LogP contribution >= 0.6 is 22.6 Å². The van der Waals surface area contributed by atoms with Crippen LogP contribution in [0.4, 0.5) is 0 Å². The lowest BCUT2D eigenvalue weighted by molar-refractivity contribution is 0.348. The molecule has 1 aliphatic rings. The van der Waals surface area contributed by atoms with Crippen molar-refractivity contribution in [1.82, 2.24) is 15.1 Å². The molecule has 2 aromatic rings. The molecule has 4 nitrogen and oxygen atoms in total. The van der Waals surface area contributed by atoms with Crippen molar-refractivity contribution in [3.8, 4) is 6.07 Å². The number of benzene rings is 1. The SMILES string of the molecule is N#CC(Cn1cc(I)cn1)(NC1CC1)c1ccccc1. The van der Waals surface area contributed by atoms with Crippen molar-refractivity contribution < 1.29 is 0 Å². The summed E-state index contributed by atoms with van der Waals surface area (Å²) in [5.41, 5.74) is 0.289. The van der Waals surface area contributed by atoms with E-state index in [0.717, 1.165) is 22.0 Å². The zero-order valence-corrected chi connectivity index (χ0v) is 13.1. The molecule has 0 bridgehead atoms. The molecule has 1 heterocycles. The van der Waals surface area contributed by atoms with E-state index in [1.165, 1.54) is 0 Å². The highest BCUT2D eigenvalue weighted by atomic mass is 127. The minimum absolute atomic E-state index is 0.449. The number of hydrogen-bond acceptors (Lipinski definition) is 3. The fraction of sp³-hybridized carbons (Fsp3) is 0.333. The Morgan fingerprint density at radius 2 is 2.15 bits per heavy atom. The van der Waals surface area contributed by atoms with Crippen molar-refractivity contribution in [3.63, 3.8) is 0 Å². The van der Waals surface area contributed by atoms with E-state index in [-0.39, 0.29) is 0 Å². The molecule has 1 atom stereocenters. The number of nitrogens with one attached hydrogen (secondary N) is 1. The molecular weight excluding hydrogens is 363 g/mol. The van der Waals surface area contributed by atoms with Crippen LogP contribution < -0.4 is 5.32 Å². The monoisotopic (exact) mass is 378 g/mol. The van der Waals surface area contributed by atoms with E-state index in [9.17, 15) is 5.26 Å². The molecule has 20 heavy (non-hydrogen) atoms. The summed E-state index contributed by atoms with van der Waals surface area (Å²) in [7, 11) is 0. The highest BCUT2D eigenvalue weighted by Crippen LogP contribution is 2.29. The van der Waals surface area contributed by atoms with Crippen LogP contribution in [-0.2, 0) is 12.1 Å². The van der Waals surface area contributed by atoms with Crippen molar-refractivity contribution in [1.29, 1.82) is 5.26 Å². The summed E-state index contributed by atoms with van der Waals surface area (Å²) >= 11 is 2.23. The van der Waals surface area contributed by atoms with Gasteiger partial charge in [0.15, 0.2) is 5.54 Å². The van der Waals surface area contributed by atoms with Crippen LogP contribution in [0.15, 0.2) is 42.7 Å². The summed E-state index contributed by atoms with van der Waals surface area (Å²) in [4.78, 5) is 0. The van der Waals surface area contributed by atoms with Crippen molar-refractivity contribution >= 4 is 22.6 Å². The second-order valence-electron chi connectivity index (χ2n) is 5.16. The van der Waals surface area contributed by atoms with Gasteiger partial charge in [-0.15, -0.1) is 0 Å². The number of hydrogen-bond donors (Lipinski definition) is 1. The summed E-state index contributed by atoms with van der Waals surface area (Å²) in [6.45, 7) is 0.521. The Bertz CT molecular complexity index is 627. The largest absolute Gasteiger partial charge is 0.291 e. The van der Waals surface area contributed by atoms with Crippen LogP contribution in [0.3, 0.4) is 0 Å². The molecular formula is C15H15IN4. The van der Waals surface area contributed by atoms with E-state index in [1.54, 1.807) is 0 Å². The predicted octanol–water partition coefficient (Wildman–Crippen LogP) is 2.66. The smallest absolute Gasteiger partial charge is 0.152 e. The number of nitrogens with zero attached hydrogens (tertiary/aromatic N) is 3. The lowest BCUT2D eigenvalue weighted by Gasteiger charge is -2.28. The number of rotatable bonds is 5. The molecule has 0 saturated heterocycles. The fourth-order valence-electron chi connectivity index (χ4n) is 2.32. The highest BCUT2D eigenvalue weighted by molar-refractivity contribution is 14.1. The zero-order chi connectivity index (χ0) is 14.0. The Hall–Kier alpha value is -1.39. The van der Waals surface area contributed by atoms with Gasteiger partial charge in [-0.05, 0) is 41.0 Å². The van der Waals surface area contributed by atoms with Gasteiger partial charge in [-0.25, -0.2) is 0 Å². The normalized spacial score (nSPS) is 17.4. The van der Waals surface area contributed by atoms with Crippen LogP contribution in [0, 0.1) is 14.9 Å². The average molecular weight is 378 g/mol. The van der Waals surface area contributed by atoms with E-state index in [1.807, 2.05) is 47.4 Å². The fourth-order valence-corrected chi connectivity index (χ4v) is 2.77. The molecule has 1 fully saturated rings. The van der Waals surface area contributed by atoms with Gasteiger partial charge in [0.05, 0.1) is 22.4 Å². The molecule has 0 amide bonds. The standard InChI is InChI=1S/C15H15IN4/c16-13-8-18-20(9-13)11-15(10-17,19-14-6-7-14)12-4-2-1-3-5-12/h1-5,8-9,14,19H,6-7,11H2. The first-order chi connectivity index (χ1) is 9.72. The van der Waals surface area contributed by atoms with Gasteiger partial charge in [-0.3, -0.25) is 10.00 Å². The quantitative estimate of drug-likeness (QED) is 0.814. The van der Waals surface area contributed by atoms with Gasteiger partial charge in [-0.1, -0.05) is 30.3 Å².